The zero-order chi connectivity index (χ0) is 21.7. The van der Waals surface area contributed by atoms with Crippen molar-refractivity contribution in [1.82, 2.24) is 44.6 Å². The highest BCUT2D eigenvalue weighted by atomic mass is 35.5. The maximum absolute atomic E-state index is 13.4. The van der Waals surface area contributed by atoms with Crippen LogP contribution in [0.15, 0.2) is 53.5 Å². The zero-order valence-electron chi connectivity index (χ0n) is 16.4. The van der Waals surface area contributed by atoms with E-state index in [2.05, 4.69) is 35.2 Å². The molecule has 1 atom stereocenters. The summed E-state index contributed by atoms with van der Waals surface area (Å²) in [6, 6.07) is 8.51. The first-order chi connectivity index (χ1) is 15.7. The molecule has 1 aliphatic rings. The first-order valence-corrected chi connectivity index (χ1v) is 10.1. The standard InChI is InChI=1S/C20H14ClN9O2/c21-14-4-1-3-11-9-13(28-30(11)14)16-15-12(24-10-25-15)5-8-29(16)20(31)19-27-26-18(32-19)17-22-6-2-7-23-17/h1-4,6-7,9-10,16H,5,8H2,(H,24,25)/t16-/m1/s1. The minimum absolute atomic E-state index is 0.0717. The Bertz CT molecular complexity index is 1440. The van der Waals surface area contributed by atoms with Gasteiger partial charge in [-0.2, -0.15) is 5.10 Å². The number of carbonyl (C=O) groups excluding carboxylic acids is 1. The van der Waals surface area contributed by atoms with Crippen molar-refractivity contribution < 1.29 is 9.21 Å². The molecule has 0 saturated heterocycles. The van der Waals surface area contributed by atoms with E-state index >= 15 is 0 Å². The van der Waals surface area contributed by atoms with Crippen LogP contribution in [0.1, 0.15) is 33.8 Å². The van der Waals surface area contributed by atoms with Gasteiger partial charge in [0.1, 0.15) is 11.2 Å². The lowest BCUT2D eigenvalue weighted by molar-refractivity contribution is 0.0646. The Morgan fingerprint density at radius 1 is 1.16 bits per heavy atom. The number of rotatable bonds is 3. The number of hydrogen-bond donors (Lipinski definition) is 1. The maximum Gasteiger partial charge on any atom is 0.312 e. The Kier molecular flexibility index (Phi) is 4.21. The number of carbonyl (C=O) groups is 1. The highest BCUT2D eigenvalue weighted by Crippen LogP contribution is 2.34. The van der Waals surface area contributed by atoms with Gasteiger partial charge in [-0.15, -0.1) is 10.2 Å². The van der Waals surface area contributed by atoms with Crippen molar-refractivity contribution in [3.8, 4) is 11.7 Å². The van der Waals surface area contributed by atoms with Crippen LogP contribution in [0.2, 0.25) is 5.15 Å². The molecule has 6 rings (SSSR count). The number of hydrogen-bond acceptors (Lipinski definition) is 8. The van der Waals surface area contributed by atoms with Crippen molar-refractivity contribution in [2.75, 3.05) is 6.54 Å². The molecule has 0 fully saturated rings. The number of amides is 1. The summed E-state index contributed by atoms with van der Waals surface area (Å²) >= 11 is 6.30. The molecule has 0 spiro atoms. The molecular formula is C20H14ClN9O2. The first-order valence-electron chi connectivity index (χ1n) is 9.77. The highest BCUT2D eigenvalue weighted by Gasteiger charge is 2.38. The van der Waals surface area contributed by atoms with Crippen molar-refractivity contribution in [3.63, 3.8) is 0 Å². The third-order valence-electron chi connectivity index (χ3n) is 5.29. The van der Waals surface area contributed by atoms with E-state index in [9.17, 15) is 4.79 Å². The van der Waals surface area contributed by atoms with Crippen molar-refractivity contribution >= 4 is 23.0 Å². The van der Waals surface area contributed by atoms with Gasteiger partial charge in [0, 0.05) is 31.1 Å². The molecule has 1 N–H and O–H groups in total. The first kappa shape index (κ1) is 18.6. The Balaban J connectivity index is 1.41. The average molecular weight is 448 g/mol. The van der Waals surface area contributed by atoms with E-state index in [-0.39, 0.29) is 17.6 Å². The van der Waals surface area contributed by atoms with Crippen LogP contribution in [0.5, 0.6) is 0 Å². The van der Waals surface area contributed by atoms with Crippen LogP contribution in [-0.4, -0.2) is 57.1 Å². The molecular weight excluding hydrogens is 434 g/mol. The predicted octanol–water partition coefficient (Wildman–Crippen LogP) is 2.34. The van der Waals surface area contributed by atoms with Crippen LogP contribution in [0, 0.1) is 0 Å². The number of H-pyrrole nitrogens is 1. The van der Waals surface area contributed by atoms with Crippen LogP contribution < -0.4 is 0 Å². The normalized spacial score (nSPS) is 15.8. The minimum Gasteiger partial charge on any atom is -0.409 e. The zero-order valence-corrected chi connectivity index (χ0v) is 17.1. The van der Waals surface area contributed by atoms with Gasteiger partial charge in [-0.05, 0) is 24.3 Å². The topological polar surface area (TPSA) is 131 Å². The number of aromatic nitrogens is 8. The van der Waals surface area contributed by atoms with Gasteiger partial charge in [0.2, 0.25) is 5.82 Å². The molecule has 1 amide bonds. The number of imidazole rings is 1. The molecule has 32 heavy (non-hydrogen) atoms. The summed E-state index contributed by atoms with van der Waals surface area (Å²) in [7, 11) is 0. The third kappa shape index (κ3) is 2.94. The van der Waals surface area contributed by atoms with Gasteiger partial charge in [-0.3, -0.25) is 4.79 Å². The fraction of sp³-hybridized carbons (Fsp3) is 0.150. The van der Waals surface area contributed by atoms with Crippen LogP contribution >= 0.6 is 11.6 Å². The molecule has 1 aliphatic heterocycles. The summed E-state index contributed by atoms with van der Waals surface area (Å²) in [4.78, 5) is 30.8. The fourth-order valence-electron chi connectivity index (χ4n) is 3.86. The van der Waals surface area contributed by atoms with Crippen LogP contribution in [0.25, 0.3) is 17.2 Å². The second kappa shape index (κ2) is 7.24. The lowest BCUT2D eigenvalue weighted by atomic mass is 9.99. The van der Waals surface area contributed by atoms with E-state index < -0.39 is 11.9 Å². The van der Waals surface area contributed by atoms with Crippen molar-refractivity contribution in [2.45, 2.75) is 12.5 Å². The molecule has 5 aromatic heterocycles. The van der Waals surface area contributed by atoms with Crippen LogP contribution in [0.4, 0.5) is 0 Å². The molecule has 158 valence electrons. The van der Waals surface area contributed by atoms with Crippen LogP contribution in [0.3, 0.4) is 0 Å². The van der Waals surface area contributed by atoms with E-state index in [1.165, 1.54) is 0 Å². The minimum atomic E-state index is -0.545. The van der Waals surface area contributed by atoms with Gasteiger partial charge in [0.15, 0.2) is 0 Å². The largest absolute Gasteiger partial charge is 0.409 e. The van der Waals surface area contributed by atoms with E-state index in [0.717, 1.165) is 16.9 Å². The third-order valence-corrected chi connectivity index (χ3v) is 5.58. The highest BCUT2D eigenvalue weighted by molar-refractivity contribution is 6.29. The second-order valence-corrected chi connectivity index (χ2v) is 7.54. The summed E-state index contributed by atoms with van der Waals surface area (Å²) in [5.41, 5.74) is 3.11. The van der Waals surface area contributed by atoms with Gasteiger partial charge in [-0.1, -0.05) is 17.7 Å². The molecule has 0 aliphatic carbocycles. The van der Waals surface area contributed by atoms with E-state index in [0.29, 0.717) is 23.8 Å². The molecule has 0 radical (unpaired) electrons. The van der Waals surface area contributed by atoms with Crippen molar-refractivity contribution in [2.24, 2.45) is 0 Å². The average Bonchev–Trinajstić information content (AvgIpc) is 3.58. The Labute approximate surface area is 185 Å². The SMILES string of the molecule is O=C(c1nnc(-c2ncccn2)o1)N1CCc2[nH]cnc2[C@H]1c1cc2cccc(Cl)n2n1. The number of nitrogens with one attached hydrogen (secondary N) is 1. The number of pyridine rings is 1. The second-order valence-electron chi connectivity index (χ2n) is 7.16. The number of nitrogens with zero attached hydrogens (tertiary/aromatic N) is 8. The molecule has 11 nitrogen and oxygen atoms in total. The summed E-state index contributed by atoms with van der Waals surface area (Å²) in [6.45, 7) is 0.417. The lowest BCUT2D eigenvalue weighted by Crippen LogP contribution is -2.41. The molecule has 6 heterocycles. The maximum atomic E-state index is 13.4. The molecule has 12 heteroatoms. The Morgan fingerprint density at radius 2 is 2.03 bits per heavy atom. The summed E-state index contributed by atoms with van der Waals surface area (Å²) in [5, 5.41) is 13.0. The number of aromatic amines is 1. The molecule has 0 saturated carbocycles. The molecule has 5 aromatic rings. The lowest BCUT2D eigenvalue weighted by Gasteiger charge is -2.32. The predicted molar refractivity (Wildman–Crippen MR) is 111 cm³/mol. The molecule has 0 unspecified atom stereocenters. The molecule has 0 aromatic carbocycles. The van der Waals surface area contributed by atoms with E-state index in [1.807, 2.05) is 18.2 Å². The monoisotopic (exact) mass is 447 g/mol. The smallest absolute Gasteiger partial charge is 0.312 e. The van der Waals surface area contributed by atoms with Gasteiger partial charge < -0.3 is 14.3 Å². The van der Waals surface area contributed by atoms with Crippen molar-refractivity contribution in [3.05, 3.63) is 77.2 Å². The van der Waals surface area contributed by atoms with Crippen molar-refractivity contribution in [1.29, 1.82) is 0 Å². The van der Waals surface area contributed by atoms with Gasteiger partial charge in [-0.25, -0.2) is 19.5 Å². The van der Waals surface area contributed by atoms with E-state index in [4.69, 9.17) is 16.0 Å². The van der Waals surface area contributed by atoms with E-state index in [1.54, 1.807) is 40.3 Å². The quantitative estimate of drug-likeness (QED) is 0.417. The fourth-order valence-corrected chi connectivity index (χ4v) is 4.07. The van der Waals surface area contributed by atoms with Gasteiger partial charge in [0.25, 0.3) is 5.89 Å². The number of halogens is 1. The van der Waals surface area contributed by atoms with Gasteiger partial charge in [0.05, 0.1) is 23.2 Å². The summed E-state index contributed by atoms with van der Waals surface area (Å²) < 4.78 is 7.23. The van der Waals surface area contributed by atoms with Crippen LogP contribution in [-0.2, 0) is 6.42 Å². The Morgan fingerprint density at radius 3 is 2.88 bits per heavy atom. The summed E-state index contributed by atoms with van der Waals surface area (Å²) in [6.07, 6.45) is 5.34. The van der Waals surface area contributed by atoms with Gasteiger partial charge >= 0.3 is 11.8 Å². The molecule has 0 bridgehead atoms. The number of fused-ring (bicyclic) bond motifs is 2. The Hall–Kier alpha value is -4.12. The summed E-state index contributed by atoms with van der Waals surface area (Å²) in [5.74, 6) is -0.263.